The maximum absolute atomic E-state index is 12.8. The van der Waals surface area contributed by atoms with E-state index in [-0.39, 0.29) is 5.57 Å². The normalized spacial score (nSPS) is 10.8. The zero-order valence-corrected chi connectivity index (χ0v) is 12.8. The molecule has 0 radical (unpaired) electrons. The number of rotatable bonds is 4. The van der Waals surface area contributed by atoms with Crippen molar-refractivity contribution in [2.75, 3.05) is 12.4 Å². The molecule has 2 aromatic rings. The first-order chi connectivity index (χ1) is 11.0. The number of anilines is 1. The van der Waals surface area contributed by atoms with Gasteiger partial charge < -0.3 is 10.1 Å². The van der Waals surface area contributed by atoms with Crippen molar-refractivity contribution in [2.45, 2.75) is 6.92 Å². The van der Waals surface area contributed by atoms with Crippen LogP contribution in [0, 0.1) is 24.1 Å². The molecule has 0 saturated heterocycles. The number of hydrogen-bond donors (Lipinski definition) is 1. The van der Waals surface area contributed by atoms with Gasteiger partial charge in [-0.25, -0.2) is 4.39 Å². The van der Waals surface area contributed by atoms with Crippen LogP contribution in [0.2, 0.25) is 0 Å². The number of carbonyl (C=O) groups excluding carboxylic acids is 1. The fraction of sp³-hybridized carbons (Fsp3) is 0.111. The van der Waals surface area contributed by atoms with Gasteiger partial charge in [-0.1, -0.05) is 6.07 Å². The first kappa shape index (κ1) is 16.2. The number of aryl methyl sites for hydroxylation is 1. The lowest BCUT2D eigenvalue weighted by atomic mass is 10.1. The fourth-order valence-corrected chi connectivity index (χ4v) is 2.04. The Hall–Kier alpha value is -3.13. The summed E-state index contributed by atoms with van der Waals surface area (Å²) in [4.78, 5) is 12.1. The first-order valence-corrected chi connectivity index (χ1v) is 6.87. The van der Waals surface area contributed by atoms with Crippen LogP contribution in [0.15, 0.2) is 48.0 Å². The van der Waals surface area contributed by atoms with E-state index in [9.17, 15) is 14.4 Å². The number of hydrogen-bond acceptors (Lipinski definition) is 3. The van der Waals surface area contributed by atoms with Crippen LogP contribution in [0.5, 0.6) is 5.75 Å². The highest BCUT2D eigenvalue weighted by Crippen LogP contribution is 2.20. The number of nitrogens with one attached hydrogen (secondary N) is 1. The predicted octanol–water partition coefficient (Wildman–Crippen LogP) is 3.69. The van der Waals surface area contributed by atoms with E-state index in [1.54, 1.807) is 19.2 Å². The fourth-order valence-electron chi connectivity index (χ4n) is 2.04. The molecule has 4 nitrogen and oxygen atoms in total. The van der Waals surface area contributed by atoms with Gasteiger partial charge in [0.05, 0.1) is 7.11 Å². The summed E-state index contributed by atoms with van der Waals surface area (Å²) in [5.41, 5.74) is 1.99. The Kier molecular flexibility index (Phi) is 5.11. The molecular formula is C18H15FN2O2. The van der Waals surface area contributed by atoms with Crippen LogP contribution in [0.25, 0.3) is 6.08 Å². The van der Waals surface area contributed by atoms with E-state index in [0.717, 1.165) is 11.3 Å². The average Bonchev–Trinajstić information content (AvgIpc) is 2.54. The molecule has 2 aromatic carbocycles. The molecule has 0 fully saturated rings. The molecule has 0 aromatic heterocycles. The number of amides is 1. The third-order valence-electron chi connectivity index (χ3n) is 3.20. The maximum Gasteiger partial charge on any atom is 0.266 e. The highest BCUT2D eigenvalue weighted by atomic mass is 19.1. The third-order valence-corrected chi connectivity index (χ3v) is 3.20. The van der Waals surface area contributed by atoms with Crippen molar-refractivity contribution in [1.29, 1.82) is 5.26 Å². The van der Waals surface area contributed by atoms with Crippen LogP contribution in [0.1, 0.15) is 11.1 Å². The van der Waals surface area contributed by atoms with Crippen LogP contribution < -0.4 is 10.1 Å². The molecule has 2 rings (SSSR count). The molecular weight excluding hydrogens is 295 g/mol. The van der Waals surface area contributed by atoms with Gasteiger partial charge in [0.25, 0.3) is 5.91 Å². The van der Waals surface area contributed by atoms with Crippen LogP contribution in [0.3, 0.4) is 0 Å². The van der Waals surface area contributed by atoms with Gasteiger partial charge in [-0.15, -0.1) is 0 Å². The summed E-state index contributed by atoms with van der Waals surface area (Å²) in [6.07, 6.45) is 1.49. The summed E-state index contributed by atoms with van der Waals surface area (Å²) in [6.45, 7) is 1.88. The molecule has 116 valence electrons. The molecule has 0 aliphatic carbocycles. The lowest BCUT2D eigenvalue weighted by molar-refractivity contribution is -0.112. The topological polar surface area (TPSA) is 62.1 Å². The van der Waals surface area contributed by atoms with Crippen molar-refractivity contribution in [3.05, 3.63) is 65.0 Å². The van der Waals surface area contributed by atoms with Crippen LogP contribution in [-0.2, 0) is 4.79 Å². The Labute approximate surface area is 133 Å². The van der Waals surface area contributed by atoms with Gasteiger partial charge >= 0.3 is 0 Å². The monoisotopic (exact) mass is 310 g/mol. The van der Waals surface area contributed by atoms with E-state index in [1.165, 1.54) is 30.3 Å². The lowest BCUT2D eigenvalue weighted by Gasteiger charge is -2.06. The second kappa shape index (κ2) is 7.23. The largest absolute Gasteiger partial charge is 0.496 e. The summed E-state index contributed by atoms with van der Waals surface area (Å²) >= 11 is 0. The summed E-state index contributed by atoms with van der Waals surface area (Å²) in [6, 6.07) is 12.6. The van der Waals surface area contributed by atoms with Gasteiger partial charge in [-0.3, -0.25) is 4.79 Å². The molecule has 0 unspecified atom stereocenters. The Balaban J connectivity index is 2.21. The quantitative estimate of drug-likeness (QED) is 0.692. The zero-order chi connectivity index (χ0) is 16.8. The zero-order valence-electron chi connectivity index (χ0n) is 12.8. The van der Waals surface area contributed by atoms with E-state index >= 15 is 0 Å². The lowest BCUT2D eigenvalue weighted by Crippen LogP contribution is -2.13. The van der Waals surface area contributed by atoms with E-state index < -0.39 is 11.7 Å². The number of benzene rings is 2. The Bertz CT molecular complexity index is 790. The van der Waals surface area contributed by atoms with Crippen LogP contribution >= 0.6 is 0 Å². The van der Waals surface area contributed by atoms with E-state index in [4.69, 9.17) is 4.74 Å². The van der Waals surface area contributed by atoms with Gasteiger partial charge in [0.15, 0.2) is 0 Å². The van der Waals surface area contributed by atoms with Gasteiger partial charge in [-0.2, -0.15) is 5.26 Å². The minimum absolute atomic E-state index is 0.0427. The molecule has 0 heterocycles. The van der Waals surface area contributed by atoms with Crippen molar-refractivity contribution < 1.29 is 13.9 Å². The molecule has 0 aliphatic heterocycles. The van der Waals surface area contributed by atoms with E-state index in [1.807, 2.05) is 19.1 Å². The van der Waals surface area contributed by atoms with Crippen molar-refractivity contribution in [2.24, 2.45) is 0 Å². The smallest absolute Gasteiger partial charge is 0.266 e. The number of halogens is 1. The SMILES string of the molecule is COc1ccc(/C=C(/C#N)C(=O)Nc2ccc(F)cc2)cc1C. The molecule has 1 amide bonds. The van der Waals surface area contributed by atoms with Gasteiger partial charge in [0.2, 0.25) is 0 Å². The first-order valence-electron chi connectivity index (χ1n) is 6.87. The Morgan fingerprint density at radius 1 is 1.26 bits per heavy atom. The van der Waals surface area contributed by atoms with Gasteiger partial charge in [-0.05, 0) is 60.5 Å². The maximum atomic E-state index is 12.8. The highest BCUT2D eigenvalue weighted by Gasteiger charge is 2.10. The molecule has 0 aliphatic rings. The van der Waals surface area contributed by atoms with Crippen LogP contribution in [-0.4, -0.2) is 13.0 Å². The van der Waals surface area contributed by atoms with Crippen molar-refractivity contribution >= 4 is 17.7 Å². The molecule has 1 N–H and O–H groups in total. The number of nitrogens with zero attached hydrogens (tertiary/aromatic N) is 1. The summed E-state index contributed by atoms with van der Waals surface area (Å²) in [5.74, 6) is -0.211. The third kappa shape index (κ3) is 4.17. The van der Waals surface area contributed by atoms with Crippen molar-refractivity contribution in [3.63, 3.8) is 0 Å². The Morgan fingerprint density at radius 3 is 2.52 bits per heavy atom. The van der Waals surface area contributed by atoms with E-state index in [0.29, 0.717) is 11.3 Å². The molecule has 0 spiro atoms. The van der Waals surface area contributed by atoms with Gasteiger partial charge in [0, 0.05) is 5.69 Å². The van der Waals surface area contributed by atoms with Crippen molar-refractivity contribution in [1.82, 2.24) is 0 Å². The average molecular weight is 310 g/mol. The summed E-state index contributed by atoms with van der Waals surface area (Å²) in [7, 11) is 1.58. The van der Waals surface area contributed by atoms with Crippen LogP contribution in [0.4, 0.5) is 10.1 Å². The minimum Gasteiger partial charge on any atom is -0.496 e. The predicted molar refractivity (Wildman–Crippen MR) is 86.4 cm³/mol. The second-order valence-electron chi connectivity index (χ2n) is 4.86. The summed E-state index contributed by atoms with van der Waals surface area (Å²) in [5, 5.41) is 11.7. The number of methoxy groups -OCH3 is 1. The Morgan fingerprint density at radius 2 is 1.96 bits per heavy atom. The molecule has 0 atom stereocenters. The number of ether oxygens (including phenoxy) is 1. The van der Waals surface area contributed by atoms with E-state index in [2.05, 4.69) is 5.32 Å². The standard InChI is InChI=1S/C18H15FN2O2/c1-12-9-13(3-8-17(12)23-2)10-14(11-20)18(22)21-16-6-4-15(19)5-7-16/h3-10H,1-2H3,(H,21,22)/b14-10-. The van der Waals surface area contributed by atoms with Gasteiger partial charge in [0.1, 0.15) is 23.2 Å². The molecule has 0 bridgehead atoms. The molecule has 5 heteroatoms. The number of carbonyl (C=O) groups is 1. The molecule has 23 heavy (non-hydrogen) atoms. The summed E-state index contributed by atoms with van der Waals surface area (Å²) < 4.78 is 18.0. The second-order valence-corrected chi connectivity index (χ2v) is 4.86. The van der Waals surface area contributed by atoms with Crippen molar-refractivity contribution in [3.8, 4) is 11.8 Å². The number of nitriles is 1. The highest BCUT2D eigenvalue weighted by molar-refractivity contribution is 6.09. The minimum atomic E-state index is -0.549. The molecule has 0 saturated carbocycles.